The Morgan fingerprint density at radius 2 is 1.89 bits per heavy atom. The summed E-state index contributed by atoms with van der Waals surface area (Å²) < 4.78 is 5.52. The van der Waals surface area contributed by atoms with Gasteiger partial charge < -0.3 is 15.0 Å². The van der Waals surface area contributed by atoms with Gasteiger partial charge in [-0.15, -0.1) is 0 Å². The smallest absolute Gasteiger partial charge is 0.258 e. The van der Waals surface area contributed by atoms with Crippen molar-refractivity contribution in [3.63, 3.8) is 0 Å². The van der Waals surface area contributed by atoms with Gasteiger partial charge in [-0.1, -0.05) is 30.9 Å². The van der Waals surface area contributed by atoms with Gasteiger partial charge in [0.2, 0.25) is 5.91 Å². The first-order valence-electron chi connectivity index (χ1n) is 9.97. The zero-order valence-electron chi connectivity index (χ0n) is 15.4. The molecule has 1 atom stereocenters. The van der Waals surface area contributed by atoms with Crippen LogP contribution in [0.2, 0.25) is 5.02 Å². The molecule has 4 aliphatic carbocycles. The van der Waals surface area contributed by atoms with Crippen molar-refractivity contribution in [2.45, 2.75) is 56.0 Å². The van der Waals surface area contributed by atoms with Crippen molar-refractivity contribution in [2.24, 2.45) is 11.8 Å². The summed E-state index contributed by atoms with van der Waals surface area (Å²) >= 11 is 5.85. The van der Waals surface area contributed by atoms with Gasteiger partial charge in [0.05, 0.1) is 0 Å². The molecule has 5 nitrogen and oxygen atoms in total. The standard InChI is InChI=1S/C21H25ClN2O3/c22-16-4-6-17(7-5-16)27-10-18(25)23-20-11-21(12-20,13-20)24-9-15(8-19(24)26)14-2-1-3-14/h4-7,14-15H,1-3,8-13H2,(H,23,25)/t15-,20?,21?/m1/s1. The maximum atomic E-state index is 12.5. The summed E-state index contributed by atoms with van der Waals surface area (Å²) in [6, 6.07) is 6.99. The van der Waals surface area contributed by atoms with Gasteiger partial charge in [-0.05, 0) is 55.4 Å². The number of nitrogens with zero attached hydrogens (tertiary/aromatic N) is 1. The van der Waals surface area contributed by atoms with E-state index in [0.717, 1.165) is 38.1 Å². The second-order valence-electron chi connectivity index (χ2n) is 8.99. The van der Waals surface area contributed by atoms with Crippen LogP contribution in [0.4, 0.5) is 0 Å². The van der Waals surface area contributed by atoms with Crippen molar-refractivity contribution < 1.29 is 14.3 Å². The van der Waals surface area contributed by atoms with Crippen molar-refractivity contribution in [1.82, 2.24) is 10.2 Å². The van der Waals surface area contributed by atoms with E-state index in [9.17, 15) is 9.59 Å². The zero-order valence-corrected chi connectivity index (χ0v) is 16.1. The number of hydrogen-bond donors (Lipinski definition) is 1. The minimum absolute atomic E-state index is 0.00276. The average molecular weight is 389 g/mol. The van der Waals surface area contributed by atoms with Crippen molar-refractivity contribution in [3.05, 3.63) is 29.3 Å². The highest BCUT2D eigenvalue weighted by molar-refractivity contribution is 6.30. The van der Waals surface area contributed by atoms with E-state index in [1.54, 1.807) is 24.3 Å². The molecule has 0 spiro atoms. The van der Waals surface area contributed by atoms with Crippen LogP contribution in [0.25, 0.3) is 0 Å². The van der Waals surface area contributed by atoms with Gasteiger partial charge in [0.1, 0.15) is 5.75 Å². The van der Waals surface area contributed by atoms with Gasteiger partial charge >= 0.3 is 0 Å². The lowest BCUT2D eigenvalue weighted by molar-refractivity contribution is -0.187. The number of benzene rings is 1. The molecule has 5 fully saturated rings. The normalized spacial score (nSPS) is 34.5. The van der Waals surface area contributed by atoms with E-state index in [0.29, 0.717) is 22.6 Å². The molecule has 6 rings (SSSR count). The lowest BCUT2D eigenvalue weighted by atomic mass is 9.43. The summed E-state index contributed by atoms with van der Waals surface area (Å²) in [5.41, 5.74) is -0.0881. The third kappa shape index (κ3) is 2.91. The van der Waals surface area contributed by atoms with Crippen LogP contribution in [0.1, 0.15) is 44.9 Å². The fourth-order valence-electron chi connectivity index (χ4n) is 5.59. The summed E-state index contributed by atoms with van der Waals surface area (Å²) in [4.78, 5) is 26.9. The largest absolute Gasteiger partial charge is 0.484 e. The van der Waals surface area contributed by atoms with Gasteiger partial charge in [0.25, 0.3) is 5.91 Å². The predicted octanol–water partition coefficient (Wildman–Crippen LogP) is 3.16. The van der Waals surface area contributed by atoms with E-state index in [4.69, 9.17) is 16.3 Å². The number of likely N-dealkylation sites (tertiary alicyclic amines) is 1. The van der Waals surface area contributed by atoms with Crippen molar-refractivity contribution in [3.8, 4) is 5.75 Å². The van der Waals surface area contributed by atoms with Crippen molar-refractivity contribution >= 4 is 23.4 Å². The van der Waals surface area contributed by atoms with Gasteiger partial charge in [-0.25, -0.2) is 0 Å². The Hall–Kier alpha value is -1.75. The molecule has 0 aromatic heterocycles. The highest BCUT2D eigenvalue weighted by Crippen LogP contribution is 2.64. The monoisotopic (exact) mass is 388 g/mol. The Morgan fingerprint density at radius 3 is 2.52 bits per heavy atom. The van der Waals surface area contributed by atoms with E-state index in [1.165, 1.54) is 19.3 Å². The van der Waals surface area contributed by atoms with E-state index in [1.807, 2.05) is 0 Å². The fourth-order valence-corrected chi connectivity index (χ4v) is 5.71. The molecule has 2 bridgehead atoms. The Balaban J connectivity index is 1.10. The fraction of sp³-hybridized carbons (Fsp3) is 0.619. The third-order valence-electron chi connectivity index (χ3n) is 7.13. The summed E-state index contributed by atoms with van der Waals surface area (Å²) in [7, 11) is 0. The highest BCUT2D eigenvalue weighted by atomic mass is 35.5. The lowest BCUT2D eigenvalue weighted by Crippen LogP contribution is -2.84. The van der Waals surface area contributed by atoms with Crippen LogP contribution in [0, 0.1) is 11.8 Å². The van der Waals surface area contributed by atoms with Crippen LogP contribution in [0.5, 0.6) is 5.75 Å². The van der Waals surface area contributed by atoms with Gasteiger partial charge in [0, 0.05) is 29.1 Å². The summed E-state index contributed by atoms with van der Waals surface area (Å²) in [5, 5.41) is 3.77. The second-order valence-corrected chi connectivity index (χ2v) is 9.42. The number of ether oxygens (including phenoxy) is 1. The number of hydrogen-bond acceptors (Lipinski definition) is 3. The second kappa shape index (κ2) is 6.13. The number of amides is 2. The summed E-state index contributed by atoms with van der Waals surface area (Å²) in [5.74, 6) is 2.20. The molecule has 1 saturated heterocycles. The maximum absolute atomic E-state index is 12.5. The van der Waals surface area contributed by atoms with Crippen molar-refractivity contribution in [1.29, 1.82) is 0 Å². The average Bonchev–Trinajstić information content (AvgIpc) is 2.88. The Kier molecular flexibility index (Phi) is 3.94. The molecule has 1 heterocycles. The van der Waals surface area contributed by atoms with Gasteiger partial charge in [-0.2, -0.15) is 0 Å². The van der Waals surface area contributed by atoms with Crippen LogP contribution >= 0.6 is 11.6 Å². The Bertz CT molecular complexity index is 754. The first-order chi connectivity index (χ1) is 13.0. The molecular formula is C21H25ClN2O3. The lowest BCUT2D eigenvalue weighted by Gasteiger charge is -2.73. The van der Waals surface area contributed by atoms with E-state index in [-0.39, 0.29) is 23.6 Å². The Labute approximate surface area is 164 Å². The van der Waals surface area contributed by atoms with Crippen molar-refractivity contribution in [2.75, 3.05) is 13.2 Å². The first-order valence-corrected chi connectivity index (χ1v) is 10.3. The van der Waals surface area contributed by atoms with Crippen LogP contribution in [0.3, 0.4) is 0 Å². The number of carbonyl (C=O) groups is 2. The molecule has 5 aliphatic rings. The molecule has 4 saturated carbocycles. The van der Waals surface area contributed by atoms with E-state index in [2.05, 4.69) is 10.2 Å². The quantitative estimate of drug-likeness (QED) is 0.814. The molecule has 27 heavy (non-hydrogen) atoms. The molecule has 1 aromatic carbocycles. The summed E-state index contributed by atoms with van der Waals surface area (Å²) in [6.45, 7) is 0.940. The van der Waals surface area contributed by atoms with Gasteiger partial charge in [0.15, 0.2) is 6.61 Å². The molecule has 144 valence electrons. The molecule has 1 aliphatic heterocycles. The summed E-state index contributed by atoms with van der Waals surface area (Å²) in [6.07, 6.45) is 7.36. The molecule has 1 aromatic rings. The molecule has 0 unspecified atom stereocenters. The van der Waals surface area contributed by atoms with Crippen LogP contribution in [0.15, 0.2) is 24.3 Å². The van der Waals surface area contributed by atoms with Crippen LogP contribution in [-0.2, 0) is 9.59 Å². The van der Waals surface area contributed by atoms with E-state index >= 15 is 0 Å². The number of halogens is 1. The molecule has 6 heteroatoms. The Morgan fingerprint density at radius 1 is 1.19 bits per heavy atom. The molecule has 1 N–H and O–H groups in total. The predicted molar refractivity (Wildman–Crippen MR) is 102 cm³/mol. The number of rotatable bonds is 6. The van der Waals surface area contributed by atoms with Crippen LogP contribution < -0.4 is 10.1 Å². The third-order valence-corrected chi connectivity index (χ3v) is 7.39. The SMILES string of the molecule is O=C(COc1ccc(Cl)cc1)NC12CC(N3C[C@H](C4CCC4)CC3=O)(C1)C2. The minimum atomic E-state index is -0.116. The van der Waals surface area contributed by atoms with Gasteiger partial charge in [-0.3, -0.25) is 9.59 Å². The number of carbonyl (C=O) groups excluding carboxylic acids is 2. The maximum Gasteiger partial charge on any atom is 0.258 e. The first kappa shape index (κ1) is 17.4. The minimum Gasteiger partial charge on any atom is -0.484 e. The highest BCUT2D eigenvalue weighted by Gasteiger charge is 2.72. The topological polar surface area (TPSA) is 58.6 Å². The van der Waals surface area contributed by atoms with Crippen LogP contribution in [-0.4, -0.2) is 40.9 Å². The molecule has 0 radical (unpaired) electrons. The zero-order chi connectivity index (χ0) is 18.6. The molecule has 2 amide bonds. The number of nitrogens with one attached hydrogen (secondary N) is 1. The van der Waals surface area contributed by atoms with E-state index < -0.39 is 0 Å². The molecular weight excluding hydrogens is 364 g/mol.